The summed E-state index contributed by atoms with van der Waals surface area (Å²) < 4.78 is 9.94. The lowest BCUT2D eigenvalue weighted by atomic mass is 10.4. The summed E-state index contributed by atoms with van der Waals surface area (Å²) in [5.41, 5.74) is 0.343. The third-order valence-corrected chi connectivity index (χ3v) is 3.37. The van der Waals surface area contributed by atoms with Crippen molar-refractivity contribution in [3.63, 3.8) is 0 Å². The number of thiazole rings is 1. The molecule has 0 aromatic carbocycles. The lowest BCUT2D eigenvalue weighted by Crippen LogP contribution is -2.21. The predicted octanol–water partition coefficient (Wildman–Crippen LogP) is 2.55. The van der Waals surface area contributed by atoms with Crippen molar-refractivity contribution in [2.75, 3.05) is 18.6 Å². The summed E-state index contributed by atoms with van der Waals surface area (Å²) in [6.45, 7) is 3.45. The first-order valence-corrected chi connectivity index (χ1v) is 6.43. The van der Waals surface area contributed by atoms with Crippen LogP contribution in [0.2, 0.25) is 0 Å². The predicted molar refractivity (Wildman–Crippen MR) is 68.9 cm³/mol. The van der Waals surface area contributed by atoms with Crippen LogP contribution in [0.4, 0.5) is 5.13 Å². The number of hydrogen-bond acceptors (Lipinski definition) is 6. The summed E-state index contributed by atoms with van der Waals surface area (Å²) in [5, 5.41) is 2.49. The normalized spacial score (nSPS) is 10.3. The second kappa shape index (κ2) is 5.68. The fraction of sp³-hybridized carbons (Fsp3) is 0.333. The SMILES string of the molecule is CCN(Cc1ccco1)c1nc(C(=O)OC)cs1. The average Bonchev–Trinajstić information content (AvgIpc) is 3.05. The van der Waals surface area contributed by atoms with Crippen molar-refractivity contribution in [3.8, 4) is 0 Å². The maximum absolute atomic E-state index is 11.3. The molecule has 18 heavy (non-hydrogen) atoms. The zero-order valence-electron chi connectivity index (χ0n) is 10.3. The van der Waals surface area contributed by atoms with Crippen molar-refractivity contribution < 1.29 is 13.9 Å². The quantitative estimate of drug-likeness (QED) is 0.778. The third-order valence-electron chi connectivity index (χ3n) is 2.47. The Kier molecular flexibility index (Phi) is 3.99. The number of aromatic nitrogens is 1. The van der Waals surface area contributed by atoms with Crippen LogP contribution >= 0.6 is 11.3 Å². The molecule has 0 aliphatic carbocycles. The number of furan rings is 1. The molecule has 2 aromatic rings. The Balaban J connectivity index is 2.12. The first kappa shape index (κ1) is 12.6. The van der Waals surface area contributed by atoms with Gasteiger partial charge in [-0.25, -0.2) is 9.78 Å². The zero-order valence-corrected chi connectivity index (χ0v) is 11.1. The van der Waals surface area contributed by atoms with Gasteiger partial charge < -0.3 is 14.1 Å². The molecule has 6 heteroatoms. The molecule has 0 N–H and O–H groups in total. The van der Waals surface area contributed by atoms with Crippen LogP contribution in [0.3, 0.4) is 0 Å². The van der Waals surface area contributed by atoms with Gasteiger partial charge in [0, 0.05) is 11.9 Å². The molecule has 2 aromatic heterocycles. The Labute approximate surface area is 109 Å². The lowest BCUT2D eigenvalue weighted by molar-refractivity contribution is 0.0595. The number of ether oxygens (including phenoxy) is 1. The summed E-state index contributed by atoms with van der Waals surface area (Å²) in [6, 6.07) is 3.77. The molecular formula is C12H14N2O3S. The Hall–Kier alpha value is -1.82. The summed E-state index contributed by atoms with van der Waals surface area (Å²) >= 11 is 1.42. The number of hydrogen-bond donors (Lipinski definition) is 0. The van der Waals surface area contributed by atoms with Crippen molar-refractivity contribution in [3.05, 3.63) is 35.2 Å². The molecule has 2 rings (SSSR count). The first-order valence-electron chi connectivity index (χ1n) is 5.55. The zero-order chi connectivity index (χ0) is 13.0. The maximum Gasteiger partial charge on any atom is 0.357 e. The second-order valence-electron chi connectivity index (χ2n) is 3.60. The van der Waals surface area contributed by atoms with Crippen LogP contribution in [0, 0.1) is 0 Å². The highest BCUT2D eigenvalue weighted by atomic mass is 32.1. The Morgan fingerprint density at radius 1 is 1.61 bits per heavy atom. The van der Waals surface area contributed by atoms with Crippen LogP contribution in [0.25, 0.3) is 0 Å². The molecule has 5 nitrogen and oxygen atoms in total. The van der Waals surface area contributed by atoms with Gasteiger partial charge in [0.2, 0.25) is 0 Å². The van der Waals surface area contributed by atoms with E-state index >= 15 is 0 Å². The lowest BCUT2D eigenvalue weighted by Gasteiger charge is -2.17. The molecule has 96 valence electrons. The molecule has 0 fully saturated rings. The number of esters is 1. The van der Waals surface area contributed by atoms with Crippen LogP contribution in [-0.4, -0.2) is 24.6 Å². The third kappa shape index (κ3) is 2.70. The van der Waals surface area contributed by atoms with Gasteiger partial charge in [-0.15, -0.1) is 11.3 Å². The Morgan fingerprint density at radius 3 is 3.06 bits per heavy atom. The van der Waals surface area contributed by atoms with Crippen LogP contribution < -0.4 is 4.90 Å². The molecule has 0 aliphatic heterocycles. The largest absolute Gasteiger partial charge is 0.467 e. The Morgan fingerprint density at radius 2 is 2.44 bits per heavy atom. The van der Waals surface area contributed by atoms with E-state index in [9.17, 15) is 4.79 Å². The highest BCUT2D eigenvalue weighted by Crippen LogP contribution is 2.22. The molecular weight excluding hydrogens is 252 g/mol. The van der Waals surface area contributed by atoms with Gasteiger partial charge in [-0.05, 0) is 19.1 Å². The van der Waals surface area contributed by atoms with Gasteiger partial charge >= 0.3 is 5.97 Å². The fourth-order valence-electron chi connectivity index (χ4n) is 1.51. The molecule has 2 heterocycles. The van der Waals surface area contributed by atoms with Crippen LogP contribution in [0.5, 0.6) is 0 Å². The number of nitrogens with zero attached hydrogens (tertiary/aromatic N) is 2. The Bertz CT molecular complexity index is 507. The van der Waals surface area contributed by atoms with E-state index in [1.807, 2.05) is 24.0 Å². The second-order valence-corrected chi connectivity index (χ2v) is 4.44. The molecule has 0 unspecified atom stereocenters. The number of rotatable bonds is 5. The molecule has 0 aliphatic rings. The number of anilines is 1. The minimum Gasteiger partial charge on any atom is -0.467 e. The molecule has 0 saturated carbocycles. The van der Waals surface area contributed by atoms with Gasteiger partial charge in [0.25, 0.3) is 0 Å². The van der Waals surface area contributed by atoms with Gasteiger partial charge in [-0.1, -0.05) is 0 Å². The van der Waals surface area contributed by atoms with E-state index in [0.717, 1.165) is 17.4 Å². The van der Waals surface area contributed by atoms with Gasteiger partial charge in [0.15, 0.2) is 10.8 Å². The summed E-state index contributed by atoms with van der Waals surface area (Å²) in [6.07, 6.45) is 1.64. The number of carbonyl (C=O) groups is 1. The van der Waals surface area contributed by atoms with E-state index < -0.39 is 5.97 Å². The van der Waals surface area contributed by atoms with Gasteiger partial charge in [-0.3, -0.25) is 0 Å². The van der Waals surface area contributed by atoms with E-state index in [-0.39, 0.29) is 0 Å². The molecule has 0 spiro atoms. The van der Waals surface area contributed by atoms with Crippen LogP contribution in [-0.2, 0) is 11.3 Å². The van der Waals surface area contributed by atoms with Crippen molar-refractivity contribution in [2.45, 2.75) is 13.5 Å². The number of methoxy groups -OCH3 is 1. The topological polar surface area (TPSA) is 55.6 Å². The van der Waals surface area contributed by atoms with E-state index in [1.54, 1.807) is 11.6 Å². The van der Waals surface area contributed by atoms with E-state index in [1.165, 1.54) is 18.4 Å². The number of carbonyl (C=O) groups excluding carboxylic acids is 1. The highest BCUT2D eigenvalue weighted by molar-refractivity contribution is 7.13. The van der Waals surface area contributed by atoms with E-state index in [0.29, 0.717) is 12.2 Å². The smallest absolute Gasteiger partial charge is 0.357 e. The minimum atomic E-state index is -0.411. The maximum atomic E-state index is 11.3. The average molecular weight is 266 g/mol. The molecule has 0 bridgehead atoms. The van der Waals surface area contributed by atoms with Crippen LogP contribution in [0.1, 0.15) is 23.2 Å². The summed E-state index contributed by atoms with van der Waals surface area (Å²) in [4.78, 5) is 17.6. The highest BCUT2D eigenvalue weighted by Gasteiger charge is 2.15. The fourth-order valence-corrected chi connectivity index (χ4v) is 2.37. The van der Waals surface area contributed by atoms with E-state index in [2.05, 4.69) is 9.72 Å². The van der Waals surface area contributed by atoms with Gasteiger partial charge in [0.05, 0.1) is 19.9 Å². The molecule has 0 atom stereocenters. The van der Waals surface area contributed by atoms with E-state index in [4.69, 9.17) is 4.42 Å². The minimum absolute atomic E-state index is 0.343. The van der Waals surface area contributed by atoms with Crippen molar-refractivity contribution in [1.29, 1.82) is 0 Å². The van der Waals surface area contributed by atoms with Crippen molar-refractivity contribution in [1.82, 2.24) is 4.98 Å². The standard InChI is InChI=1S/C12H14N2O3S/c1-3-14(7-9-5-4-6-17-9)12-13-10(8-18-12)11(15)16-2/h4-6,8H,3,7H2,1-2H3. The first-order chi connectivity index (χ1) is 8.74. The summed E-state index contributed by atoms with van der Waals surface area (Å²) in [7, 11) is 1.35. The van der Waals surface area contributed by atoms with Crippen molar-refractivity contribution in [2.24, 2.45) is 0 Å². The monoisotopic (exact) mass is 266 g/mol. The van der Waals surface area contributed by atoms with Crippen LogP contribution in [0.15, 0.2) is 28.2 Å². The molecule has 0 amide bonds. The molecule has 0 radical (unpaired) electrons. The molecule has 0 saturated heterocycles. The van der Waals surface area contributed by atoms with Gasteiger partial charge in [-0.2, -0.15) is 0 Å². The summed E-state index contributed by atoms with van der Waals surface area (Å²) in [5.74, 6) is 0.457. The van der Waals surface area contributed by atoms with Crippen molar-refractivity contribution >= 4 is 22.4 Å². The van der Waals surface area contributed by atoms with Gasteiger partial charge in [0.1, 0.15) is 5.76 Å².